The van der Waals surface area contributed by atoms with E-state index in [2.05, 4.69) is 15.0 Å². The maximum absolute atomic E-state index is 15.1. The lowest BCUT2D eigenvalue weighted by atomic mass is 9.78. The van der Waals surface area contributed by atoms with Crippen molar-refractivity contribution in [3.63, 3.8) is 0 Å². The van der Waals surface area contributed by atoms with Gasteiger partial charge in [0.05, 0.1) is 31.5 Å². The summed E-state index contributed by atoms with van der Waals surface area (Å²) in [5.74, 6) is -0.283. The van der Waals surface area contributed by atoms with Crippen molar-refractivity contribution in [3.8, 4) is 12.0 Å². The van der Waals surface area contributed by atoms with Gasteiger partial charge in [0.1, 0.15) is 12.4 Å². The molecule has 3 aromatic rings. The maximum atomic E-state index is 15.1. The summed E-state index contributed by atoms with van der Waals surface area (Å²) in [5, 5.41) is 0. The molecule has 0 radical (unpaired) electrons. The Morgan fingerprint density at radius 1 is 1.06 bits per heavy atom. The second-order valence-electron chi connectivity index (χ2n) is 9.03. The molecule has 4 rings (SSSR count). The number of rotatable bonds is 8. The van der Waals surface area contributed by atoms with Crippen molar-refractivity contribution >= 4 is 29.6 Å². The Morgan fingerprint density at radius 2 is 1.76 bits per heavy atom. The number of nitrogens with two attached hydrogens (primary N) is 1. The number of anilines is 1. The molecule has 1 fully saturated rings. The van der Waals surface area contributed by atoms with E-state index in [1.54, 1.807) is 23.8 Å². The summed E-state index contributed by atoms with van der Waals surface area (Å²) in [7, 11) is 2.26. The number of hydrogen-bond acceptors (Lipinski definition) is 9. The Hall–Kier alpha value is -2.96. The topological polar surface area (TPSA) is 116 Å². The van der Waals surface area contributed by atoms with Gasteiger partial charge in [0.15, 0.2) is 17.0 Å². The number of methoxy groups -OCH3 is 2. The molecule has 3 heterocycles. The van der Waals surface area contributed by atoms with Crippen molar-refractivity contribution in [2.24, 2.45) is 0 Å². The zero-order valence-corrected chi connectivity index (χ0v) is 20.2. The molecule has 0 unspecified atom stereocenters. The van der Waals surface area contributed by atoms with Crippen molar-refractivity contribution in [2.75, 3.05) is 33.2 Å². The molecule has 2 aromatic heterocycles. The van der Waals surface area contributed by atoms with Gasteiger partial charge in [-0.1, -0.05) is 12.1 Å². The fraction of sp³-hybridized carbons (Fsp3) is 0.500. The highest BCUT2D eigenvalue weighted by Crippen LogP contribution is 2.36. The van der Waals surface area contributed by atoms with Crippen LogP contribution in [0.15, 0.2) is 18.2 Å². The summed E-state index contributed by atoms with van der Waals surface area (Å²) in [4.78, 5) is 12.9. The number of nitrogen functional groups attached to an aromatic ring is 1. The molecule has 10 nitrogen and oxygen atoms in total. The van der Waals surface area contributed by atoms with E-state index < -0.39 is 24.1 Å². The van der Waals surface area contributed by atoms with Crippen molar-refractivity contribution < 1.29 is 27.9 Å². The predicted octanol–water partition coefficient (Wildman–Crippen LogP) is 1.93. The monoisotopic (exact) mass is 473 g/mol. The third-order valence-corrected chi connectivity index (χ3v) is 6.18. The van der Waals surface area contributed by atoms with Crippen molar-refractivity contribution in [3.05, 3.63) is 29.6 Å². The fourth-order valence-electron chi connectivity index (χ4n) is 3.57. The van der Waals surface area contributed by atoms with Crippen LogP contribution in [-0.4, -0.2) is 65.3 Å². The lowest BCUT2D eigenvalue weighted by Crippen LogP contribution is -2.41. The number of nitrogens with zero attached hydrogens (tertiary/aromatic N) is 4. The summed E-state index contributed by atoms with van der Waals surface area (Å²) >= 11 is 0. The number of fused-ring (bicyclic) bond motifs is 1. The molecule has 0 saturated carbocycles. The van der Waals surface area contributed by atoms with E-state index in [1.165, 1.54) is 13.2 Å². The molecule has 182 valence electrons. The van der Waals surface area contributed by atoms with Gasteiger partial charge in [-0.05, 0) is 39.3 Å². The largest absolute Gasteiger partial charge is 0.497 e. The van der Waals surface area contributed by atoms with Crippen LogP contribution >= 0.6 is 0 Å². The van der Waals surface area contributed by atoms with Crippen LogP contribution in [0.25, 0.3) is 11.2 Å². The zero-order chi connectivity index (χ0) is 24.7. The molecular formula is C22H29BFN5O5. The number of benzene rings is 1. The van der Waals surface area contributed by atoms with E-state index >= 15 is 4.39 Å². The predicted molar refractivity (Wildman–Crippen MR) is 125 cm³/mol. The molecule has 0 spiro atoms. The maximum Gasteiger partial charge on any atom is 0.497 e. The van der Waals surface area contributed by atoms with Gasteiger partial charge in [0, 0.05) is 12.6 Å². The summed E-state index contributed by atoms with van der Waals surface area (Å²) in [5.41, 5.74) is 6.72. The number of ether oxygens (including phenoxy) is 3. The Balaban J connectivity index is 1.64. The third-order valence-electron chi connectivity index (χ3n) is 6.18. The molecule has 0 amide bonds. The Kier molecular flexibility index (Phi) is 6.41. The van der Waals surface area contributed by atoms with Gasteiger partial charge in [-0.3, -0.25) is 4.57 Å². The van der Waals surface area contributed by atoms with Crippen LogP contribution in [0, 0.1) is 5.82 Å². The van der Waals surface area contributed by atoms with E-state index in [0.29, 0.717) is 28.8 Å². The van der Waals surface area contributed by atoms with E-state index in [0.717, 1.165) is 0 Å². The van der Waals surface area contributed by atoms with Crippen molar-refractivity contribution in [1.82, 2.24) is 19.5 Å². The highest BCUT2D eigenvalue weighted by Gasteiger charge is 2.52. The van der Waals surface area contributed by atoms with Crippen LogP contribution in [0.3, 0.4) is 0 Å². The van der Waals surface area contributed by atoms with E-state index in [1.807, 2.05) is 27.7 Å². The van der Waals surface area contributed by atoms with Gasteiger partial charge in [0.2, 0.25) is 0 Å². The molecule has 34 heavy (non-hydrogen) atoms. The van der Waals surface area contributed by atoms with E-state index in [-0.39, 0.29) is 31.0 Å². The van der Waals surface area contributed by atoms with Crippen LogP contribution in [0.2, 0.25) is 0 Å². The van der Waals surface area contributed by atoms with Gasteiger partial charge >= 0.3 is 13.1 Å². The summed E-state index contributed by atoms with van der Waals surface area (Å²) in [6, 6.07) is 5.26. The van der Waals surface area contributed by atoms with Gasteiger partial charge in [-0.25, -0.2) is 4.39 Å². The van der Waals surface area contributed by atoms with E-state index in [4.69, 9.17) is 29.3 Å². The van der Waals surface area contributed by atoms with Gasteiger partial charge in [-0.2, -0.15) is 15.0 Å². The fourth-order valence-corrected chi connectivity index (χ4v) is 3.57. The third kappa shape index (κ3) is 4.40. The zero-order valence-electron chi connectivity index (χ0n) is 20.2. The van der Waals surface area contributed by atoms with Crippen LogP contribution in [0.5, 0.6) is 12.0 Å². The Morgan fingerprint density at radius 3 is 2.38 bits per heavy atom. The number of aromatic nitrogens is 4. The lowest BCUT2D eigenvalue weighted by Gasteiger charge is -2.32. The molecule has 2 N–H and O–H groups in total. The van der Waals surface area contributed by atoms with Crippen LogP contribution in [0.1, 0.15) is 33.3 Å². The van der Waals surface area contributed by atoms with Crippen molar-refractivity contribution in [2.45, 2.75) is 45.4 Å². The molecule has 12 heteroatoms. The van der Waals surface area contributed by atoms with Crippen LogP contribution < -0.4 is 20.7 Å². The normalized spacial score (nSPS) is 16.9. The lowest BCUT2D eigenvalue weighted by molar-refractivity contribution is 0.00578. The summed E-state index contributed by atoms with van der Waals surface area (Å²) in [6.45, 7) is 8.57. The number of halogens is 1. The first-order valence-electron chi connectivity index (χ1n) is 10.9. The van der Waals surface area contributed by atoms with Crippen molar-refractivity contribution in [1.29, 1.82) is 0 Å². The van der Waals surface area contributed by atoms with Gasteiger partial charge in [-0.15, -0.1) is 0 Å². The number of hydrogen-bond donors (Lipinski definition) is 1. The quantitative estimate of drug-likeness (QED) is 0.387. The molecule has 1 aromatic carbocycles. The molecule has 1 aliphatic heterocycles. The number of imidazole rings is 1. The highest BCUT2D eigenvalue weighted by atomic mass is 19.1. The second kappa shape index (κ2) is 9.01. The summed E-state index contributed by atoms with van der Waals surface area (Å²) in [6.07, 6.45) is 0. The SMILES string of the molecule is COCCOc1nc(N)c2nc(OC)n(Cc3ccc(B4OC(C)(C)C(C)(C)O4)c(F)c3)c2n1. The molecule has 1 saturated heterocycles. The Labute approximate surface area is 197 Å². The van der Waals surface area contributed by atoms with Crippen LogP contribution in [0.4, 0.5) is 10.2 Å². The average Bonchev–Trinajstić information content (AvgIpc) is 3.21. The van der Waals surface area contributed by atoms with Gasteiger partial charge in [0.25, 0.3) is 6.01 Å². The standard InChI is InChI=1S/C22H29BFN5O5/c1-21(2)22(3,4)34-23(33-21)14-8-7-13(11-15(14)24)12-29-18-16(26-20(29)31-6)17(25)27-19(28-18)32-10-9-30-5/h7-8,11H,9-10,12H2,1-6H3,(H2,25,27,28). The first-order valence-corrected chi connectivity index (χ1v) is 10.9. The first kappa shape index (κ1) is 24.2. The smallest absolute Gasteiger partial charge is 0.468 e. The average molecular weight is 473 g/mol. The summed E-state index contributed by atoms with van der Waals surface area (Å²) < 4.78 is 44.7. The molecule has 1 aliphatic rings. The molecule has 0 atom stereocenters. The Bertz CT molecular complexity index is 1190. The highest BCUT2D eigenvalue weighted by molar-refractivity contribution is 6.62. The van der Waals surface area contributed by atoms with Crippen LogP contribution in [-0.2, 0) is 20.6 Å². The molecule has 0 bridgehead atoms. The van der Waals surface area contributed by atoms with Gasteiger partial charge < -0.3 is 29.3 Å². The molecule has 0 aliphatic carbocycles. The minimum absolute atomic E-state index is 0.0909. The first-order chi connectivity index (χ1) is 16.1. The minimum atomic E-state index is -0.790. The second-order valence-corrected chi connectivity index (χ2v) is 9.03. The van der Waals surface area contributed by atoms with E-state index in [9.17, 15) is 0 Å². The molecular weight excluding hydrogens is 444 g/mol. The minimum Gasteiger partial charge on any atom is -0.468 e.